The number of amidine groups is 1. The number of thioether (sulfide) groups is 1. The number of fused-ring (bicyclic) bond motifs is 3. The van der Waals surface area contributed by atoms with Crippen molar-refractivity contribution in [2.75, 3.05) is 34.7 Å². The fourth-order valence-electron chi connectivity index (χ4n) is 3.96. The highest BCUT2D eigenvalue weighted by Crippen LogP contribution is 2.52. The van der Waals surface area contributed by atoms with E-state index in [2.05, 4.69) is 0 Å². The van der Waals surface area contributed by atoms with Gasteiger partial charge in [-0.25, -0.2) is 0 Å². The van der Waals surface area contributed by atoms with Crippen LogP contribution < -0.4 is 23.7 Å². The monoisotopic (exact) mass is 416 g/mol. The van der Waals surface area contributed by atoms with Crippen LogP contribution in [0.4, 0.5) is 0 Å². The standard InChI is InChI=1S/C20H20N2O6S/c1-23-14-4-10(5-15(24-2)19(14)25-3)18-11-6-12-13(28-9-27-12)7-16(11)29-17-8-26-20(21)22(17)18/h4-7,17-18,21H,8-9H2,1-3H3/t17-,18+/m0/s1. The first-order valence-electron chi connectivity index (χ1n) is 9.04. The Hall–Kier alpha value is -2.94. The highest BCUT2D eigenvalue weighted by molar-refractivity contribution is 8.00. The Kier molecular flexibility index (Phi) is 4.27. The lowest BCUT2D eigenvalue weighted by Gasteiger charge is -2.38. The van der Waals surface area contributed by atoms with Gasteiger partial charge in [0.15, 0.2) is 23.0 Å². The molecule has 0 aliphatic carbocycles. The molecule has 0 radical (unpaired) electrons. The van der Waals surface area contributed by atoms with Crippen molar-refractivity contribution >= 4 is 17.8 Å². The van der Waals surface area contributed by atoms with Crippen molar-refractivity contribution in [1.29, 1.82) is 5.41 Å². The molecule has 29 heavy (non-hydrogen) atoms. The Balaban J connectivity index is 1.71. The molecule has 1 saturated heterocycles. The van der Waals surface area contributed by atoms with Crippen LogP contribution in [0.1, 0.15) is 17.2 Å². The van der Waals surface area contributed by atoms with Gasteiger partial charge in [-0.05, 0) is 35.4 Å². The number of hydrogen-bond donors (Lipinski definition) is 1. The van der Waals surface area contributed by atoms with E-state index >= 15 is 0 Å². The lowest BCUT2D eigenvalue weighted by molar-refractivity contribution is 0.174. The second kappa shape index (κ2) is 6.84. The summed E-state index contributed by atoms with van der Waals surface area (Å²) in [7, 11) is 4.76. The number of hydrogen-bond acceptors (Lipinski definition) is 8. The van der Waals surface area contributed by atoms with Crippen LogP contribution >= 0.6 is 11.8 Å². The van der Waals surface area contributed by atoms with Crippen molar-refractivity contribution in [1.82, 2.24) is 4.90 Å². The Morgan fingerprint density at radius 2 is 1.66 bits per heavy atom. The van der Waals surface area contributed by atoms with E-state index < -0.39 is 0 Å². The lowest BCUT2D eigenvalue weighted by Crippen LogP contribution is -2.39. The minimum absolute atomic E-state index is 0.0144. The molecule has 2 aromatic rings. The molecule has 152 valence electrons. The quantitative estimate of drug-likeness (QED) is 0.814. The van der Waals surface area contributed by atoms with Crippen LogP contribution in [0.25, 0.3) is 0 Å². The Bertz CT molecular complexity index is 972. The maximum absolute atomic E-state index is 8.37. The van der Waals surface area contributed by atoms with E-state index in [1.165, 1.54) is 0 Å². The summed E-state index contributed by atoms with van der Waals surface area (Å²) in [4.78, 5) is 3.04. The molecule has 5 rings (SSSR count). The van der Waals surface area contributed by atoms with E-state index in [9.17, 15) is 0 Å². The second-order valence-corrected chi connectivity index (χ2v) is 7.92. The summed E-state index contributed by atoms with van der Waals surface area (Å²) in [6, 6.07) is 7.70. The third-order valence-electron chi connectivity index (χ3n) is 5.25. The molecule has 3 aliphatic heterocycles. The van der Waals surface area contributed by atoms with Gasteiger partial charge in [-0.3, -0.25) is 10.3 Å². The molecule has 2 atom stereocenters. The highest BCUT2D eigenvalue weighted by atomic mass is 32.2. The first-order valence-corrected chi connectivity index (χ1v) is 9.92. The molecule has 3 aliphatic rings. The number of ether oxygens (including phenoxy) is 6. The van der Waals surface area contributed by atoms with Gasteiger partial charge in [0.2, 0.25) is 12.5 Å². The maximum atomic E-state index is 8.37. The zero-order valence-electron chi connectivity index (χ0n) is 16.2. The van der Waals surface area contributed by atoms with Crippen molar-refractivity contribution in [3.05, 3.63) is 35.4 Å². The molecule has 1 fully saturated rings. The lowest BCUT2D eigenvalue weighted by atomic mass is 9.95. The number of methoxy groups -OCH3 is 3. The molecule has 0 unspecified atom stereocenters. The normalized spacial score (nSPS) is 21.3. The Morgan fingerprint density at radius 1 is 0.966 bits per heavy atom. The topological polar surface area (TPSA) is 82.5 Å². The number of nitrogens with one attached hydrogen (secondary N) is 1. The van der Waals surface area contributed by atoms with Gasteiger partial charge in [-0.2, -0.15) is 0 Å². The number of rotatable bonds is 4. The zero-order chi connectivity index (χ0) is 20.1. The predicted octanol–water partition coefficient (Wildman–Crippen LogP) is 3.23. The van der Waals surface area contributed by atoms with Crippen molar-refractivity contribution in [3.63, 3.8) is 0 Å². The van der Waals surface area contributed by atoms with E-state index in [-0.39, 0.29) is 24.2 Å². The van der Waals surface area contributed by atoms with E-state index in [4.69, 9.17) is 33.8 Å². The van der Waals surface area contributed by atoms with Gasteiger partial charge in [0.25, 0.3) is 6.02 Å². The van der Waals surface area contributed by atoms with Crippen molar-refractivity contribution < 1.29 is 28.4 Å². The minimum atomic E-state index is -0.269. The molecule has 3 heterocycles. The van der Waals surface area contributed by atoms with Crippen molar-refractivity contribution in [2.24, 2.45) is 0 Å². The van der Waals surface area contributed by atoms with Gasteiger partial charge >= 0.3 is 0 Å². The summed E-state index contributed by atoms with van der Waals surface area (Å²) in [6.45, 7) is 0.655. The second-order valence-electron chi connectivity index (χ2n) is 6.70. The Morgan fingerprint density at radius 3 is 2.31 bits per heavy atom. The fourth-order valence-corrected chi connectivity index (χ4v) is 5.20. The number of nitrogens with zero attached hydrogens (tertiary/aromatic N) is 1. The first kappa shape index (κ1) is 18.1. The van der Waals surface area contributed by atoms with Crippen LogP contribution in [-0.4, -0.2) is 51.0 Å². The summed E-state index contributed by atoms with van der Waals surface area (Å²) in [5.74, 6) is 3.09. The third kappa shape index (κ3) is 2.71. The molecular weight excluding hydrogens is 396 g/mol. The van der Waals surface area contributed by atoms with Crippen molar-refractivity contribution in [3.8, 4) is 28.7 Å². The van der Waals surface area contributed by atoms with E-state index in [0.717, 1.165) is 21.8 Å². The molecule has 9 heteroatoms. The van der Waals surface area contributed by atoms with Gasteiger partial charge in [0, 0.05) is 4.90 Å². The molecule has 8 nitrogen and oxygen atoms in total. The summed E-state index contributed by atoms with van der Waals surface area (Å²) in [6.07, 6.45) is 0. The Labute approximate surface area is 172 Å². The number of benzene rings is 2. The van der Waals surface area contributed by atoms with Crippen LogP contribution in [0.15, 0.2) is 29.2 Å². The molecular formula is C20H20N2O6S. The summed E-state index contributed by atoms with van der Waals surface area (Å²) in [5.41, 5.74) is 1.92. The van der Waals surface area contributed by atoms with Gasteiger partial charge in [0.05, 0.1) is 27.4 Å². The molecule has 2 aromatic carbocycles. The van der Waals surface area contributed by atoms with Gasteiger partial charge in [-0.1, -0.05) is 11.8 Å². The van der Waals surface area contributed by atoms with Gasteiger partial charge < -0.3 is 28.4 Å². The molecule has 0 amide bonds. The SMILES string of the molecule is COc1cc([C@@H]2c3cc4c(cc3S[C@H]3COC(=N)N23)OCO4)cc(OC)c1OC. The first-order chi connectivity index (χ1) is 14.1. The third-order valence-corrected chi connectivity index (χ3v) is 6.49. The van der Waals surface area contributed by atoms with Crippen LogP contribution in [0.3, 0.4) is 0 Å². The average Bonchev–Trinajstić information content (AvgIpc) is 3.35. The smallest absolute Gasteiger partial charge is 0.286 e. The molecule has 0 aromatic heterocycles. The average molecular weight is 416 g/mol. The van der Waals surface area contributed by atoms with Gasteiger partial charge in [-0.15, -0.1) is 0 Å². The van der Waals surface area contributed by atoms with E-state index in [1.807, 2.05) is 29.2 Å². The van der Waals surface area contributed by atoms with Crippen LogP contribution in [-0.2, 0) is 4.74 Å². The summed E-state index contributed by atoms with van der Waals surface area (Å²) >= 11 is 1.66. The molecule has 0 spiro atoms. The summed E-state index contributed by atoms with van der Waals surface area (Å²) < 4.78 is 33.3. The summed E-state index contributed by atoms with van der Waals surface area (Å²) in [5, 5.41) is 8.36. The maximum Gasteiger partial charge on any atom is 0.286 e. The minimum Gasteiger partial charge on any atom is -0.493 e. The highest BCUT2D eigenvalue weighted by Gasteiger charge is 2.44. The fraction of sp³-hybridized carbons (Fsp3) is 0.350. The van der Waals surface area contributed by atoms with Crippen LogP contribution in [0.2, 0.25) is 0 Å². The predicted molar refractivity (Wildman–Crippen MR) is 106 cm³/mol. The molecule has 0 saturated carbocycles. The molecule has 1 N–H and O–H groups in total. The van der Waals surface area contributed by atoms with Crippen LogP contribution in [0.5, 0.6) is 28.7 Å². The van der Waals surface area contributed by atoms with E-state index in [1.54, 1.807) is 33.1 Å². The molecule has 0 bridgehead atoms. The van der Waals surface area contributed by atoms with Crippen LogP contribution in [0, 0.1) is 5.41 Å². The van der Waals surface area contributed by atoms with Gasteiger partial charge in [0.1, 0.15) is 12.0 Å². The largest absolute Gasteiger partial charge is 0.493 e. The van der Waals surface area contributed by atoms with E-state index in [0.29, 0.717) is 29.6 Å². The van der Waals surface area contributed by atoms with Crippen molar-refractivity contribution in [2.45, 2.75) is 16.3 Å². The zero-order valence-corrected chi connectivity index (χ0v) is 17.0.